The first-order valence-corrected chi connectivity index (χ1v) is 36.5. The van der Waals surface area contributed by atoms with Gasteiger partial charge in [0.1, 0.15) is 70.8 Å². The zero-order valence-corrected chi connectivity index (χ0v) is 63.1. The van der Waals surface area contributed by atoms with E-state index in [1.807, 2.05) is 0 Å². The molecule has 0 aliphatic carbocycles. The highest BCUT2D eigenvalue weighted by atomic mass is 15.6. The lowest BCUT2D eigenvalue weighted by Crippen LogP contribution is -2.52. The summed E-state index contributed by atoms with van der Waals surface area (Å²) in [7, 11) is 13.5. The van der Waals surface area contributed by atoms with Crippen molar-refractivity contribution in [2.45, 2.75) is 233 Å². The molecule has 0 spiro atoms. The van der Waals surface area contributed by atoms with Crippen LogP contribution in [0.5, 0.6) is 0 Å². The van der Waals surface area contributed by atoms with Crippen LogP contribution < -0.4 is 0 Å². The van der Waals surface area contributed by atoms with Gasteiger partial charge in [-0.05, 0) is 179 Å². The minimum absolute atomic E-state index is 0.773. The maximum Gasteiger partial charge on any atom is 0.135 e. The average molecular weight is 1200 g/mol. The van der Waals surface area contributed by atoms with Gasteiger partial charge in [-0.1, -0.05) is 47.5 Å². The van der Waals surface area contributed by atoms with Gasteiger partial charge in [-0.15, -0.1) is 0 Å². The van der Waals surface area contributed by atoms with Gasteiger partial charge in [0, 0.05) is 13.0 Å². The third-order valence-electron chi connectivity index (χ3n) is 24.7. The second kappa shape index (κ2) is 39.0. The SMILES string of the molecule is CCC1CN(C)C[N+]1(CC)CC.CCC1C[N+](CC)(CC)CN1C.CCCC1CN(C)C[N+]1(CC)CC.CCCC1C[N+](CC)(CC)CN1C.CCN1CC(C)[N+](CC)(CC)C1.CC[N+]1(CC)CC(C)N(C)C1.CC[N+]1(CC)CN(C)CC1C. The Balaban J connectivity index is 0.000000490. The molecule has 0 N–H and O–H groups in total. The van der Waals surface area contributed by atoms with E-state index in [4.69, 9.17) is 0 Å². The predicted molar refractivity (Wildman–Crippen MR) is 370 cm³/mol. The van der Waals surface area contributed by atoms with E-state index < -0.39 is 0 Å². The van der Waals surface area contributed by atoms with Gasteiger partial charge in [0.15, 0.2) is 0 Å². The Labute approximate surface area is 529 Å². The second-order valence-corrected chi connectivity index (χ2v) is 29.0. The molecule has 7 heterocycles. The molecule has 14 heteroatoms. The van der Waals surface area contributed by atoms with Gasteiger partial charge < -0.3 is 31.4 Å². The molecule has 0 bridgehead atoms. The van der Waals surface area contributed by atoms with Crippen LogP contribution in [0, 0.1) is 0 Å². The van der Waals surface area contributed by atoms with Gasteiger partial charge in [-0.25, -0.2) is 0 Å². The van der Waals surface area contributed by atoms with E-state index in [2.05, 4.69) is 229 Å². The summed E-state index contributed by atoms with van der Waals surface area (Å²) in [6.45, 7) is 88.3. The van der Waals surface area contributed by atoms with Gasteiger partial charge in [-0.3, -0.25) is 34.3 Å². The summed E-state index contributed by atoms with van der Waals surface area (Å²) < 4.78 is 9.12. The topological polar surface area (TPSA) is 22.7 Å². The molecule has 7 rings (SSSR count). The van der Waals surface area contributed by atoms with Crippen molar-refractivity contribution in [3.63, 3.8) is 0 Å². The lowest BCUT2D eigenvalue weighted by molar-refractivity contribution is -0.939. The highest BCUT2D eigenvalue weighted by Crippen LogP contribution is 2.28. The van der Waals surface area contributed by atoms with E-state index in [1.165, 1.54) is 261 Å². The quantitative estimate of drug-likeness (QED) is 0.106. The lowest BCUT2D eigenvalue weighted by atomic mass is 10.1. The van der Waals surface area contributed by atoms with E-state index in [-0.39, 0.29) is 0 Å². The number of hydrogen-bond acceptors (Lipinski definition) is 7. The zero-order chi connectivity index (χ0) is 64.3. The first-order chi connectivity index (χ1) is 39.7. The van der Waals surface area contributed by atoms with Crippen LogP contribution in [0.15, 0.2) is 0 Å². The van der Waals surface area contributed by atoms with Crippen molar-refractivity contribution >= 4 is 0 Å². The number of likely N-dealkylation sites (N-methyl/N-ethyl adjacent to an activating group) is 14. The van der Waals surface area contributed by atoms with Gasteiger partial charge in [0.25, 0.3) is 0 Å². The van der Waals surface area contributed by atoms with E-state index in [9.17, 15) is 0 Å². The summed E-state index contributed by atoms with van der Waals surface area (Å²) in [5, 5.41) is 0. The normalized spacial score (nSPS) is 29.5. The summed E-state index contributed by atoms with van der Waals surface area (Å²) in [5.74, 6) is 0. The average Bonchev–Trinajstić information content (AvgIpc) is 4.58. The van der Waals surface area contributed by atoms with E-state index in [1.54, 1.807) is 0 Å². The Morgan fingerprint density at radius 2 is 0.655 bits per heavy atom. The summed E-state index contributed by atoms with van der Waals surface area (Å²) >= 11 is 0. The first-order valence-electron chi connectivity index (χ1n) is 36.5. The van der Waals surface area contributed by atoms with Crippen molar-refractivity contribution in [3.05, 3.63) is 0 Å². The van der Waals surface area contributed by atoms with Crippen LogP contribution >= 0.6 is 0 Å². The van der Waals surface area contributed by atoms with Crippen molar-refractivity contribution in [2.75, 3.05) is 233 Å². The summed E-state index contributed by atoms with van der Waals surface area (Å²) in [6.07, 6.45) is 8.05. The molecule has 7 aliphatic heterocycles. The molecule has 0 amide bonds. The predicted octanol–water partition coefficient (Wildman–Crippen LogP) is 10.7. The van der Waals surface area contributed by atoms with Gasteiger partial charge in [-0.2, -0.15) is 0 Å². The smallest absolute Gasteiger partial charge is 0.135 e. The molecule has 0 saturated carbocycles. The molecule has 0 radical (unpaired) electrons. The lowest BCUT2D eigenvalue weighted by Gasteiger charge is -2.37. The fourth-order valence-corrected chi connectivity index (χ4v) is 17.2. The molecule has 84 heavy (non-hydrogen) atoms. The van der Waals surface area contributed by atoms with Crippen molar-refractivity contribution in [3.8, 4) is 0 Å². The van der Waals surface area contributed by atoms with Gasteiger partial charge >= 0.3 is 0 Å². The van der Waals surface area contributed by atoms with Crippen LogP contribution in [0.2, 0.25) is 0 Å². The standard InChI is InChI=1S/2C11H25N2.3C10H23N2.2C9H21N2/c1-5-8-11-9-13(6-2,7-3)10-12(11)4;1-5-8-11-9-12(4)10-13(11,6-2)7-3;1-5-10-8-12(6-2,7-3)9-11(10)4;1-5-10-8-11(4)9-12(10,6-2)7-3;1-5-11-8-10(4)12(6-2,7-3)9-11;1-5-11(6-2)7-9(3)10(4)8-11;1-5-11(6-2)8-10(4)7-9(11)3/h2*11H,5-10H2,1-4H3;3*10H,5-9H2,1-4H3;2*9H,5-8H2,1-4H3/q7*+1. The summed E-state index contributed by atoms with van der Waals surface area (Å²) in [4.78, 5) is 17.5. The fraction of sp³-hybridized carbons (Fsp3) is 1.00. The molecule has 7 fully saturated rings. The molecular weight excluding hydrogens is 1040 g/mol. The Morgan fingerprint density at radius 1 is 0.310 bits per heavy atom. The number of nitrogens with zero attached hydrogens (tertiary/aromatic N) is 14. The maximum absolute atomic E-state index is 2.57. The molecule has 0 aromatic carbocycles. The molecule has 7 saturated heterocycles. The third-order valence-corrected chi connectivity index (χ3v) is 24.7. The Bertz CT molecular complexity index is 1640. The van der Waals surface area contributed by atoms with Crippen LogP contribution in [0.25, 0.3) is 0 Å². The Morgan fingerprint density at radius 3 is 0.917 bits per heavy atom. The summed E-state index contributed by atoms with van der Waals surface area (Å²) in [6, 6.07) is 5.87. The highest BCUT2D eigenvalue weighted by molar-refractivity contribution is 4.75. The van der Waals surface area contributed by atoms with Crippen molar-refractivity contribution in [2.24, 2.45) is 0 Å². The molecular formula is C70H161N14+7. The molecule has 0 aromatic heterocycles. The second-order valence-electron chi connectivity index (χ2n) is 29.0. The number of hydrogen-bond donors (Lipinski definition) is 0. The van der Waals surface area contributed by atoms with E-state index in [0.717, 1.165) is 42.3 Å². The fourth-order valence-electron chi connectivity index (χ4n) is 17.2. The van der Waals surface area contributed by atoms with Crippen molar-refractivity contribution in [1.82, 2.24) is 34.3 Å². The zero-order valence-electron chi connectivity index (χ0n) is 63.1. The summed E-state index contributed by atoms with van der Waals surface area (Å²) in [5.41, 5.74) is 0. The molecule has 7 aliphatic rings. The van der Waals surface area contributed by atoms with Crippen LogP contribution in [-0.2, 0) is 0 Å². The van der Waals surface area contributed by atoms with E-state index >= 15 is 0 Å². The minimum Gasteiger partial charge on any atom is -0.310 e. The van der Waals surface area contributed by atoms with E-state index in [0.29, 0.717) is 0 Å². The monoisotopic (exact) mass is 1200 g/mol. The molecule has 14 nitrogen and oxygen atoms in total. The highest BCUT2D eigenvalue weighted by Gasteiger charge is 2.44. The largest absolute Gasteiger partial charge is 0.310 e. The van der Waals surface area contributed by atoms with Gasteiger partial charge in [0.05, 0.1) is 156 Å². The molecule has 504 valence electrons. The maximum atomic E-state index is 2.57. The van der Waals surface area contributed by atoms with Crippen molar-refractivity contribution in [1.29, 1.82) is 0 Å². The number of rotatable bonds is 21. The van der Waals surface area contributed by atoms with Gasteiger partial charge in [0.2, 0.25) is 0 Å². The Hall–Kier alpha value is -0.560. The van der Waals surface area contributed by atoms with Crippen LogP contribution in [0.1, 0.15) is 191 Å². The first kappa shape index (κ1) is 81.5. The minimum atomic E-state index is 0.773. The van der Waals surface area contributed by atoms with Crippen LogP contribution in [0.3, 0.4) is 0 Å². The molecule has 0 aromatic rings. The van der Waals surface area contributed by atoms with Crippen LogP contribution in [0.4, 0.5) is 0 Å². The van der Waals surface area contributed by atoms with Crippen molar-refractivity contribution < 1.29 is 31.4 Å². The third kappa shape index (κ3) is 21.8. The molecule has 7 unspecified atom stereocenters. The van der Waals surface area contributed by atoms with Crippen LogP contribution in [-0.4, -0.2) is 341 Å². The molecule has 7 atom stereocenters. The Kier molecular flexibility index (Phi) is 37.8. The number of quaternary nitrogens is 7.